The number of likely N-dealkylation sites (N-methyl/N-ethyl adjacent to an activating group) is 1. The molecule has 180 valence electrons. The van der Waals surface area contributed by atoms with E-state index < -0.39 is 6.10 Å². The van der Waals surface area contributed by atoms with Crippen LogP contribution in [0.15, 0.2) is 24.3 Å². The summed E-state index contributed by atoms with van der Waals surface area (Å²) >= 11 is 0. The van der Waals surface area contributed by atoms with E-state index in [9.17, 15) is 5.11 Å². The molecule has 1 aromatic heterocycles. The number of nitrogens with zero attached hydrogens (tertiary/aromatic N) is 3. The van der Waals surface area contributed by atoms with E-state index in [0.29, 0.717) is 30.8 Å². The maximum atomic E-state index is 9.96. The monoisotopic (exact) mass is 456 g/mol. The zero-order valence-corrected chi connectivity index (χ0v) is 19.8. The molecule has 2 fully saturated rings. The predicted octanol–water partition coefficient (Wildman–Crippen LogP) is 1.41. The largest absolute Gasteiger partial charge is 0.491 e. The van der Waals surface area contributed by atoms with Crippen LogP contribution >= 0.6 is 0 Å². The SMILES string of the molecule is CNCC(O)COc1cccc(-c2nc(N[C@@H]3CCOC3)c(C)c(N3CCNC[C@H]3C)n2)c1. The number of rotatable bonds is 9. The summed E-state index contributed by atoms with van der Waals surface area (Å²) in [5, 5.41) is 20.0. The fourth-order valence-corrected chi connectivity index (χ4v) is 4.26. The molecule has 4 rings (SSSR count). The summed E-state index contributed by atoms with van der Waals surface area (Å²) in [7, 11) is 1.80. The van der Waals surface area contributed by atoms with Gasteiger partial charge in [-0.15, -0.1) is 0 Å². The van der Waals surface area contributed by atoms with Gasteiger partial charge in [-0.2, -0.15) is 0 Å². The van der Waals surface area contributed by atoms with Gasteiger partial charge in [-0.05, 0) is 39.4 Å². The molecule has 33 heavy (non-hydrogen) atoms. The molecular formula is C24H36N6O3. The summed E-state index contributed by atoms with van der Waals surface area (Å²) in [4.78, 5) is 12.3. The molecular weight excluding hydrogens is 420 g/mol. The van der Waals surface area contributed by atoms with Crippen LogP contribution in [0, 0.1) is 6.92 Å². The molecule has 2 aromatic rings. The van der Waals surface area contributed by atoms with E-state index in [2.05, 4.69) is 34.7 Å². The first-order valence-corrected chi connectivity index (χ1v) is 11.8. The van der Waals surface area contributed by atoms with Gasteiger partial charge in [-0.3, -0.25) is 0 Å². The first-order chi connectivity index (χ1) is 16.0. The van der Waals surface area contributed by atoms with Crippen LogP contribution in [0.3, 0.4) is 0 Å². The molecule has 3 atom stereocenters. The number of ether oxygens (including phenoxy) is 2. The van der Waals surface area contributed by atoms with Gasteiger partial charge in [0.15, 0.2) is 5.82 Å². The van der Waals surface area contributed by atoms with Gasteiger partial charge >= 0.3 is 0 Å². The highest BCUT2D eigenvalue weighted by atomic mass is 16.5. The van der Waals surface area contributed by atoms with E-state index in [1.165, 1.54) is 0 Å². The van der Waals surface area contributed by atoms with Crippen LogP contribution in [0.4, 0.5) is 11.6 Å². The molecule has 9 heteroatoms. The lowest BCUT2D eigenvalue weighted by molar-refractivity contribution is 0.108. The summed E-state index contributed by atoms with van der Waals surface area (Å²) in [6, 6.07) is 8.34. The molecule has 0 radical (unpaired) electrons. The molecule has 9 nitrogen and oxygen atoms in total. The van der Waals surface area contributed by atoms with E-state index in [0.717, 1.165) is 55.4 Å². The Morgan fingerprint density at radius 2 is 2.24 bits per heavy atom. The molecule has 3 heterocycles. The van der Waals surface area contributed by atoms with Gasteiger partial charge in [0, 0.05) is 50.0 Å². The van der Waals surface area contributed by atoms with Crippen molar-refractivity contribution in [1.29, 1.82) is 0 Å². The minimum absolute atomic E-state index is 0.219. The minimum atomic E-state index is -0.570. The molecule has 0 amide bonds. The summed E-state index contributed by atoms with van der Waals surface area (Å²) < 4.78 is 11.4. The number of anilines is 2. The quantitative estimate of drug-likeness (QED) is 0.446. The van der Waals surface area contributed by atoms with Crippen molar-refractivity contribution in [2.24, 2.45) is 0 Å². The maximum Gasteiger partial charge on any atom is 0.164 e. The Kier molecular flexibility index (Phi) is 7.97. The minimum Gasteiger partial charge on any atom is -0.491 e. The van der Waals surface area contributed by atoms with Crippen molar-refractivity contribution in [3.05, 3.63) is 29.8 Å². The Morgan fingerprint density at radius 3 is 3.00 bits per heavy atom. The smallest absolute Gasteiger partial charge is 0.164 e. The van der Waals surface area contributed by atoms with Crippen molar-refractivity contribution >= 4 is 11.6 Å². The van der Waals surface area contributed by atoms with Crippen molar-refractivity contribution in [2.45, 2.75) is 38.5 Å². The predicted molar refractivity (Wildman–Crippen MR) is 130 cm³/mol. The van der Waals surface area contributed by atoms with Crippen molar-refractivity contribution in [1.82, 2.24) is 20.6 Å². The van der Waals surface area contributed by atoms with Crippen LogP contribution in [0.2, 0.25) is 0 Å². The summed E-state index contributed by atoms with van der Waals surface area (Å²) in [5.41, 5.74) is 1.94. The van der Waals surface area contributed by atoms with Crippen molar-refractivity contribution in [3.8, 4) is 17.1 Å². The number of aromatic nitrogens is 2. The second-order valence-electron chi connectivity index (χ2n) is 8.85. The number of benzene rings is 1. The van der Waals surface area contributed by atoms with Crippen LogP contribution in [0.5, 0.6) is 5.75 Å². The van der Waals surface area contributed by atoms with Gasteiger partial charge in [0.25, 0.3) is 0 Å². The maximum absolute atomic E-state index is 9.96. The number of hydrogen-bond donors (Lipinski definition) is 4. The lowest BCUT2D eigenvalue weighted by Gasteiger charge is -2.36. The van der Waals surface area contributed by atoms with E-state index in [4.69, 9.17) is 19.4 Å². The molecule has 2 saturated heterocycles. The Hall–Kier alpha value is -2.46. The van der Waals surface area contributed by atoms with E-state index in [1.807, 2.05) is 24.3 Å². The summed E-state index contributed by atoms with van der Waals surface area (Å²) in [6.07, 6.45) is 0.399. The molecule has 0 aliphatic carbocycles. The zero-order valence-electron chi connectivity index (χ0n) is 19.8. The van der Waals surface area contributed by atoms with Crippen LogP contribution in [0.25, 0.3) is 11.4 Å². The Bertz CT molecular complexity index is 921. The van der Waals surface area contributed by atoms with Crippen LogP contribution in [-0.4, -0.2) is 86.3 Å². The third-order valence-corrected chi connectivity index (χ3v) is 6.14. The molecule has 1 aromatic carbocycles. The van der Waals surface area contributed by atoms with Crippen LogP contribution in [0.1, 0.15) is 18.9 Å². The number of piperazine rings is 1. The molecule has 2 aliphatic heterocycles. The van der Waals surface area contributed by atoms with Gasteiger partial charge in [-0.25, -0.2) is 9.97 Å². The van der Waals surface area contributed by atoms with Crippen molar-refractivity contribution in [2.75, 3.05) is 63.3 Å². The molecule has 0 bridgehead atoms. The van der Waals surface area contributed by atoms with Gasteiger partial charge in [0.05, 0.1) is 12.6 Å². The third-order valence-electron chi connectivity index (χ3n) is 6.14. The molecule has 0 spiro atoms. The van der Waals surface area contributed by atoms with Crippen LogP contribution in [-0.2, 0) is 4.74 Å². The second kappa shape index (κ2) is 11.1. The van der Waals surface area contributed by atoms with Crippen molar-refractivity contribution < 1.29 is 14.6 Å². The van der Waals surface area contributed by atoms with Gasteiger partial charge in [0.2, 0.25) is 0 Å². The number of nitrogens with one attached hydrogen (secondary N) is 3. The fraction of sp³-hybridized carbons (Fsp3) is 0.583. The van der Waals surface area contributed by atoms with Crippen molar-refractivity contribution in [3.63, 3.8) is 0 Å². The number of aliphatic hydroxyl groups is 1. The van der Waals surface area contributed by atoms with E-state index in [1.54, 1.807) is 7.05 Å². The molecule has 2 aliphatic rings. The fourth-order valence-electron chi connectivity index (χ4n) is 4.26. The normalized spacial score (nSPS) is 21.8. The third kappa shape index (κ3) is 5.92. The molecule has 0 saturated carbocycles. The highest BCUT2D eigenvalue weighted by Gasteiger charge is 2.25. The first kappa shape index (κ1) is 23.7. The van der Waals surface area contributed by atoms with E-state index >= 15 is 0 Å². The van der Waals surface area contributed by atoms with Crippen LogP contribution < -0.4 is 25.6 Å². The van der Waals surface area contributed by atoms with Gasteiger partial charge in [-0.1, -0.05) is 12.1 Å². The average Bonchev–Trinajstić information content (AvgIpc) is 3.33. The Morgan fingerprint density at radius 1 is 1.36 bits per heavy atom. The standard InChI is InChI=1S/C24H36N6O3/c1-16-12-26-8-9-30(16)24-17(2)22(27-19-7-10-32-14-19)28-23(29-24)18-5-4-6-21(11-18)33-15-20(31)13-25-3/h4-6,11,16,19-20,25-26,31H,7-10,12-15H2,1-3H3,(H,27,28,29)/t16-,19-,20?/m1/s1. The lowest BCUT2D eigenvalue weighted by atomic mass is 10.1. The summed E-state index contributed by atoms with van der Waals surface area (Å²) in [6.45, 7) is 9.23. The number of aliphatic hydroxyl groups excluding tert-OH is 1. The Balaban J connectivity index is 1.65. The highest BCUT2D eigenvalue weighted by molar-refractivity contribution is 5.67. The highest BCUT2D eigenvalue weighted by Crippen LogP contribution is 2.31. The first-order valence-electron chi connectivity index (χ1n) is 11.8. The molecule has 4 N–H and O–H groups in total. The summed E-state index contributed by atoms with van der Waals surface area (Å²) in [5.74, 6) is 3.16. The number of hydrogen-bond acceptors (Lipinski definition) is 9. The zero-order chi connectivity index (χ0) is 23.2. The Labute approximate surface area is 195 Å². The topological polar surface area (TPSA) is 104 Å². The average molecular weight is 457 g/mol. The van der Waals surface area contributed by atoms with Gasteiger partial charge < -0.3 is 35.4 Å². The van der Waals surface area contributed by atoms with E-state index in [-0.39, 0.29) is 12.6 Å². The second-order valence-corrected chi connectivity index (χ2v) is 8.85. The van der Waals surface area contributed by atoms with Gasteiger partial charge in [0.1, 0.15) is 30.1 Å². The molecule has 1 unspecified atom stereocenters. The lowest BCUT2D eigenvalue weighted by Crippen LogP contribution is -2.50.